The summed E-state index contributed by atoms with van der Waals surface area (Å²) in [6, 6.07) is 5.10. The minimum Gasteiger partial charge on any atom is -0.348 e. The summed E-state index contributed by atoms with van der Waals surface area (Å²) in [5.74, 6) is 0.281. The van der Waals surface area contributed by atoms with Crippen LogP contribution in [0, 0.1) is 4.77 Å². The first-order valence-corrected chi connectivity index (χ1v) is 8.71. The highest BCUT2D eigenvalue weighted by Gasteiger charge is 2.43. The number of nitrogens with zero attached hydrogens (tertiary/aromatic N) is 2. The van der Waals surface area contributed by atoms with Gasteiger partial charge in [0.15, 0.2) is 10.6 Å². The Labute approximate surface area is 153 Å². The van der Waals surface area contributed by atoms with E-state index in [1.807, 2.05) is 0 Å². The molecule has 1 heterocycles. The predicted octanol–water partition coefficient (Wildman–Crippen LogP) is 3.62. The molecule has 9 heteroatoms. The SMILES string of the molecule is Cn1c(CNC(=O)C2(c3cccc(C(F)(F)F)c3)CCCC2)n[nH]c1=S. The number of benzene rings is 1. The Bertz CT molecular complexity index is 865. The first-order valence-electron chi connectivity index (χ1n) is 8.30. The van der Waals surface area contributed by atoms with Gasteiger partial charge in [-0.1, -0.05) is 31.0 Å². The van der Waals surface area contributed by atoms with Gasteiger partial charge < -0.3 is 9.88 Å². The maximum absolute atomic E-state index is 13.1. The third-order valence-corrected chi connectivity index (χ3v) is 5.38. The van der Waals surface area contributed by atoms with Crippen LogP contribution in [-0.2, 0) is 30.0 Å². The average Bonchev–Trinajstić information content (AvgIpc) is 3.22. The topological polar surface area (TPSA) is 62.7 Å². The molecule has 0 radical (unpaired) electrons. The lowest BCUT2D eigenvalue weighted by molar-refractivity contribution is -0.138. The Morgan fingerprint density at radius 1 is 1.38 bits per heavy atom. The van der Waals surface area contributed by atoms with Crippen molar-refractivity contribution < 1.29 is 18.0 Å². The average molecular weight is 384 g/mol. The van der Waals surface area contributed by atoms with Crippen LogP contribution in [0.3, 0.4) is 0 Å². The Hall–Kier alpha value is -2.16. The summed E-state index contributed by atoms with van der Waals surface area (Å²) >= 11 is 5.03. The van der Waals surface area contributed by atoms with Crippen LogP contribution in [-0.4, -0.2) is 20.7 Å². The standard InChI is InChI=1S/C17H19F3N4OS/c1-24-13(22-23-15(24)26)10-21-14(25)16(7-2-3-8-16)11-5-4-6-12(9-11)17(18,19)20/h4-6,9H,2-3,7-8,10H2,1H3,(H,21,25)(H,23,26). The van der Waals surface area contributed by atoms with Crippen LogP contribution in [0.5, 0.6) is 0 Å². The first kappa shape index (κ1) is 18.6. The van der Waals surface area contributed by atoms with E-state index in [1.54, 1.807) is 17.7 Å². The maximum Gasteiger partial charge on any atom is 0.416 e. The van der Waals surface area contributed by atoms with Crippen molar-refractivity contribution in [2.45, 2.75) is 43.8 Å². The van der Waals surface area contributed by atoms with E-state index in [0.717, 1.165) is 25.0 Å². The fourth-order valence-corrected chi connectivity index (χ4v) is 3.64. The number of carbonyl (C=O) groups excluding carboxylic acids is 1. The normalized spacial score (nSPS) is 16.6. The van der Waals surface area contributed by atoms with Crippen molar-refractivity contribution >= 4 is 18.1 Å². The lowest BCUT2D eigenvalue weighted by Gasteiger charge is -2.29. The zero-order chi connectivity index (χ0) is 18.9. The minimum absolute atomic E-state index is 0.156. The lowest BCUT2D eigenvalue weighted by Crippen LogP contribution is -2.42. The van der Waals surface area contributed by atoms with Gasteiger partial charge in [-0.15, -0.1) is 0 Å². The lowest BCUT2D eigenvalue weighted by atomic mass is 9.77. The largest absolute Gasteiger partial charge is 0.416 e. The minimum atomic E-state index is -4.44. The molecule has 0 unspecified atom stereocenters. The molecule has 1 aromatic heterocycles. The van der Waals surface area contributed by atoms with Crippen molar-refractivity contribution in [2.75, 3.05) is 0 Å². The van der Waals surface area contributed by atoms with Gasteiger partial charge in [0.1, 0.15) is 0 Å². The summed E-state index contributed by atoms with van der Waals surface area (Å²) in [5.41, 5.74) is -1.26. The van der Waals surface area contributed by atoms with Crippen LogP contribution in [0.25, 0.3) is 0 Å². The summed E-state index contributed by atoms with van der Waals surface area (Å²) in [5, 5.41) is 9.50. The number of carbonyl (C=O) groups is 1. The monoisotopic (exact) mass is 384 g/mol. The number of aromatic nitrogens is 3. The van der Waals surface area contributed by atoms with Gasteiger partial charge in [0.25, 0.3) is 0 Å². The number of halogens is 3. The molecule has 5 nitrogen and oxygen atoms in total. The number of nitrogens with one attached hydrogen (secondary N) is 2. The fraction of sp³-hybridized carbons (Fsp3) is 0.471. The number of hydrogen-bond donors (Lipinski definition) is 2. The molecule has 2 aromatic rings. The highest BCUT2D eigenvalue weighted by Crippen LogP contribution is 2.43. The summed E-state index contributed by atoms with van der Waals surface area (Å²) in [6.07, 6.45) is -1.78. The molecule has 0 saturated heterocycles. The molecule has 26 heavy (non-hydrogen) atoms. The number of H-pyrrole nitrogens is 1. The van der Waals surface area contributed by atoms with E-state index in [2.05, 4.69) is 15.5 Å². The molecular formula is C17H19F3N4OS. The third-order valence-electron chi connectivity index (χ3n) is 5.01. The summed E-state index contributed by atoms with van der Waals surface area (Å²) in [7, 11) is 1.73. The molecule has 2 N–H and O–H groups in total. The molecule has 1 amide bonds. The van der Waals surface area contributed by atoms with Gasteiger partial charge in [-0.05, 0) is 36.7 Å². The Kier molecular flexibility index (Phi) is 4.92. The fourth-order valence-electron chi connectivity index (χ4n) is 3.48. The molecule has 1 aromatic carbocycles. The summed E-state index contributed by atoms with van der Waals surface area (Å²) in [4.78, 5) is 13.0. The molecule has 3 rings (SSSR count). The third kappa shape index (κ3) is 3.40. The second-order valence-electron chi connectivity index (χ2n) is 6.55. The van der Waals surface area contributed by atoms with Crippen LogP contribution in [0.2, 0.25) is 0 Å². The number of rotatable bonds is 4. The highest BCUT2D eigenvalue weighted by molar-refractivity contribution is 7.71. The maximum atomic E-state index is 13.1. The second-order valence-corrected chi connectivity index (χ2v) is 6.94. The number of amides is 1. The Balaban J connectivity index is 1.87. The van der Waals surface area contributed by atoms with Gasteiger partial charge >= 0.3 is 6.18 Å². The molecule has 0 atom stereocenters. The van der Waals surface area contributed by atoms with E-state index >= 15 is 0 Å². The zero-order valence-corrected chi connectivity index (χ0v) is 15.0. The van der Waals surface area contributed by atoms with Crippen LogP contribution < -0.4 is 5.32 Å². The molecule has 1 saturated carbocycles. The van der Waals surface area contributed by atoms with Crippen molar-refractivity contribution in [3.05, 3.63) is 46.0 Å². The van der Waals surface area contributed by atoms with Crippen molar-refractivity contribution in [1.82, 2.24) is 20.1 Å². The van der Waals surface area contributed by atoms with E-state index in [1.165, 1.54) is 6.07 Å². The molecular weight excluding hydrogens is 365 g/mol. The van der Waals surface area contributed by atoms with Crippen molar-refractivity contribution in [3.63, 3.8) is 0 Å². The van der Waals surface area contributed by atoms with E-state index < -0.39 is 17.2 Å². The van der Waals surface area contributed by atoms with E-state index in [4.69, 9.17) is 12.2 Å². The molecule has 140 valence electrons. The summed E-state index contributed by atoms with van der Waals surface area (Å²) in [6.45, 7) is 0.156. The predicted molar refractivity (Wildman–Crippen MR) is 91.8 cm³/mol. The molecule has 0 spiro atoms. The van der Waals surface area contributed by atoms with Gasteiger partial charge in [-0.3, -0.25) is 9.89 Å². The van der Waals surface area contributed by atoms with Crippen molar-refractivity contribution in [1.29, 1.82) is 0 Å². The Morgan fingerprint density at radius 3 is 2.65 bits per heavy atom. The van der Waals surface area contributed by atoms with Crippen LogP contribution in [0.4, 0.5) is 13.2 Å². The highest BCUT2D eigenvalue weighted by atomic mass is 32.1. The second kappa shape index (κ2) is 6.86. The van der Waals surface area contributed by atoms with Crippen LogP contribution in [0.15, 0.2) is 24.3 Å². The van der Waals surface area contributed by atoms with Crippen LogP contribution in [0.1, 0.15) is 42.6 Å². The quantitative estimate of drug-likeness (QED) is 0.792. The van der Waals surface area contributed by atoms with Crippen LogP contribution >= 0.6 is 12.2 Å². The smallest absolute Gasteiger partial charge is 0.348 e. The van der Waals surface area contributed by atoms with Crippen molar-refractivity contribution in [3.8, 4) is 0 Å². The summed E-state index contributed by atoms with van der Waals surface area (Å²) < 4.78 is 41.3. The molecule has 0 aliphatic heterocycles. The van der Waals surface area contributed by atoms with Gasteiger partial charge in [0, 0.05) is 7.05 Å². The van der Waals surface area contributed by atoms with Crippen molar-refractivity contribution in [2.24, 2.45) is 7.05 Å². The van der Waals surface area contributed by atoms with E-state index in [0.29, 0.717) is 29.0 Å². The van der Waals surface area contributed by atoms with Gasteiger partial charge in [-0.25, -0.2) is 0 Å². The first-order chi connectivity index (χ1) is 12.2. The number of alkyl halides is 3. The zero-order valence-electron chi connectivity index (χ0n) is 14.2. The number of hydrogen-bond acceptors (Lipinski definition) is 3. The molecule has 1 fully saturated rings. The van der Waals surface area contributed by atoms with Gasteiger partial charge in [-0.2, -0.15) is 18.3 Å². The molecule has 1 aliphatic rings. The number of aromatic amines is 1. The molecule has 1 aliphatic carbocycles. The van der Waals surface area contributed by atoms with E-state index in [9.17, 15) is 18.0 Å². The van der Waals surface area contributed by atoms with Gasteiger partial charge in [0.05, 0.1) is 17.5 Å². The molecule has 0 bridgehead atoms. The van der Waals surface area contributed by atoms with Gasteiger partial charge in [0.2, 0.25) is 5.91 Å². The Morgan fingerprint density at radius 2 is 2.08 bits per heavy atom. The van der Waals surface area contributed by atoms with E-state index in [-0.39, 0.29) is 12.5 Å².